The van der Waals surface area contributed by atoms with Gasteiger partial charge >= 0.3 is 0 Å². The minimum Gasteiger partial charge on any atom is -0.507 e. The van der Waals surface area contributed by atoms with E-state index in [1.165, 1.54) is 0 Å². The predicted octanol–water partition coefficient (Wildman–Crippen LogP) is 2.85. The number of phenolic OH excluding ortho intramolecular Hbond substituents is 1. The summed E-state index contributed by atoms with van der Waals surface area (Å²) >= 11 is 5.87. The Hall–Kier alpha value is -2.77. The highest BCUT2D eigenvalue weighted by Gasteiger charge is 2.42. The lowest BCUT2D eigenvalue weighted by molar-refractivity contribution is -0.140. The molecule has 0 saturated carbocycles. The van der Waals surface area contributed by atoms with Gasteiger partial charge in [-0.15, -0.1) is 0 Å². The summed E-state index contributed by atoms with van der Waals surface area (Å²) in [6, 6.07) is 5.90. The van der Waals surface area contributed by atoms with Gasteiger partial charge in [0.05, 0.1) is 6.61 Å². The van der Waals surface area contributed by atoms with Crippen LogP contribution in [0.4, 0.5) is 0 Å². The van der Waals surface area contributed by atoms with E-state index in [2.05, 4.69) is 10.6 Å². The Morgan fingerprint density at radius 1 is 1.16 bits per heavy atom. The van der Waals surface area contributed by atoms with E-state index in [1.54, 1.807) is 38.1 Å². The van der Waals surface area contributed by atoms with E-state index in [4.69, 9.17) is 16.3 Å². The van der Waals surface area contributed by atoms with Crippen LogP contribution in [0.5, 0.6) is 11.5 Å². The fourth-order valence-electron chi connectivity index (χ4n) is 3.83. The summed E-state index contributed by atoms with van der Waals surface area (Å²) in [6.07, 6.45) is 0.922. The second-order valence-corrected chi connectivity index (χ2v) is 8.85. The van der Waals surface area contributed by atoms with Gasteiger partial charge in [0.2, 0.25) is 5.91 Å². The number of carbonyl (C=O) groups is 2. The van der Waals surface area contributed by atoms with Gasteiger partial charge in [-0.3, -0.25) is 9.59 Å². The Morgan fingerprint density at radius 2 is 1.81 bits per heavy atom. The molecular weight excluding hydrogens is 432 g/mol. The Morgan fingerprint density at radius 3 is 2.44 bits per heavy atom. The maximum absolute atomic E-state index is 13.1. The topological polar surface area (TPSA) is 108 Å². The van der Waals surface area contributed by atoms with Crippen LogP contribution in [0.25, 0.3) is 0 Å². The molecule has 172 valence electrons. The fourth-order valence-corrected chi connectivity index (χ4v) is 3.95. The number of benzene rings is 2. The molecule has 1 aliphatic rings. The van der Waals surface area contributed by atoms with Crippen LogP contribution in [0.15, 0.2) is 24.3 Å². The Balaban J connectivity index is 1.70. The molecule has 32 heavy (non-hydrogen) atoms. The van der Waals surface area contributed by atoms with Crippen molar-refractivity contribution in [3.05, 3.63) is 57.1 Å². The molecule has 0 radical (unpaired) electrons. The van der Waals surface area contributed by atoms with Crippen LogP contribution >= 0.6 is 11.6 Å². The molecular formula is C24H29ClN2O5. The zero-order valence-electron chi connectivity index (χ0n) is 18.7. The molecule has 0 aliphatic carbocycles. The number of amides is 2. The molecule has 0 bridgehead atoms. The van der Waals surface area contributed by atoms with Gasteiger partial charge in [-0.2, -0.15) is 0 Å². The van der Waals surface area contributed by atoms with Crippen molar-refractivity contribution < 1.29 is 24.5 Å². The number of fused-ring (bicyclic) bond motifs is 1. The number of rotatable bonds is 6. The number of aliphatic hydroxyl groups is 1. The predicted molar refractivity (Wildman–Crippen MR) is 122 cm³/mol. The van der Waals surface area contributed by atoms with Gasteiger partial charge in [-0.25, -0.2) is 0 Å². The standard InChI is InChI=1S/C24H29ClN2O5/c1-13-14(2)21-18(15(3)20(13)29)9-10-24(4,32-21)23(31)27-19(12-28)22(30)26-11-16-5-7-17(25)8-6-16/h5-8,19,28-29H,9-12H2,1-4H3,(H,26,30)(H,27,31). The highest BCUT2D eigenvalue weighted by atomic mass is 35.5. The van der Waals surface area contributed by atoms with Crippen LogP contribution in [0.1, 0.15) is 41.2 Å². The lowest BCUT2D eigenvalue weighted by atomic mass is 9.86. The minimum atomic E-state index is -1.21. The molecule has 0 spiro atoms. The molecule has 2 aromatic rings. The van der Waals surface area contributed by atoms with Gasteiger partial charge in [0.1, 0.15) is 17.5 Å². The zero-order chi connectivity index (χ0) is 23.6. The van der Waals surface area contributed by atoms with Gasteiger partial charge in [-0.05, 0) is 68.5 Å². The SMILES string of the molecule is Cc1c(C)c2c(c(C)c1O)CCC(C)(C(=O)NC(CO)C(=O)NCc1ccc(Cl)cc1)O2. The normalized spacial score (nSPS) is 18.3. The summed E-state index contributed by atoms with van der Waals surface area (Å²) in [4.78, 5) is 25.6. The number of phenols is 1. The Bertz CT molecular complexity index is 1040. The lowest BCUT2D eigenvalue weighted by Crippen LogP contribution is -2.57. The van der Waals surface area contributed by atoms with Gasteiger partial charge in [0, 0.05) is 23.6 Å². The second kappa shape index (κ2) is 9.38. The van der Waals surface area contributed by atoms with E-state index in [9.17, 15) is 19.8 Å². The molecule has 2 amide bonds. The van der Waals surface area contributed by atoms with Gasteiger partial charge < -0.3 is 25.6 Å². The maximum Gasteiger partial charge on any atom is 0.264 e. The highest BCUT2D eigenvalue weighted by Crippen LogP contribution is 2.43. The first-order valence-electron chi connectivity index (χ1n) is 10.5. The van der Waals surface area contributed by atoms with E-state index >= 15 is 0 Å². The van der Waals surface area contributed by atoms with Crippen molar-refractivity contribution in [2.45, 2.75) is 58.7 Å². The summed E-state index contributed by atoms with van der Waals surface area (Å²) in [5.74, 6) is -0.139. The van der Waals surface area contributed by atoms with Gasteiger partial charge in [-0.1, -0.05) is 23.7 Å². The third-order valence-corrected chi connectivity index (χ3v) is 6.44. The molecule has 2 unspecified atom stereocenters. The summed E-state index contributed by atoms with van der Waals surface area (Å²) in [6.45, 7) is 6.85. The van der Waals surface area contributed by atoms with Crippen LogP contribution in [0.3, 0.4) is 0 Å². The summed E-state index contributed by atoms with van der Waals surface area (Å²) in [7, 11) is 0. The first kappa shape index (κ1) is 23.9. The molecule has 8 heteroatoms. The second-order valence-electron chi connectivity index (χ2n) is 8.42. The summed E-state index contributed by atoms with van der Waals surface area (Å²) < 4.78 is 6.15. The highest BCUT2D eigenvalue weighted by molar-refractivity contribution is 6.30. The van der Waals surface area contributed by atoms with Crippen LogP contribution in [-0.4, -0.2) is 40.3 Å². The van der Waals surface area contributed by atoms with Crippen molar-refractivity contribution in [3.8, 4) is 11.5 Å². The molecule has 3 rings (SSSR count). The van der Waals surface area contributed by atoms with E-state index in [0.29, 0.717) is 29.2 Å². The zero-order valence-corrected chi connectivity index (χ0v) is 19.5. The number of aromatic hydroxyl groups is 1. The minimum absolute atomic E-state index is 0.241. The first-order chi connectivity index (χ1) is 15.1. The Kier molecular flexibility index (Phi) is 7.00. The van der Waals surface area contributed by atoms with Crippen molar-refractivity contribution in [3.63, 3.8) is 0 Å². The van der Waals surface area contributed by atoms with Crippen molar-refractivity contribution in [2.24, 2.45) is 0 Å². The molecule has 0 aromatic heterocycles. The molecule has 0 saturated heterocycles. The number of halogens is 1. The van der Waals surface area contributed by atoms with Crippen molar-refractivity contribution in [1.82, 2.24) is 10.6 Å². The lowest BCUT2D eigenvalue weighted by Gasteiger charge is -2.37. The van der Waals surface area contributed by atoms with E-state index < -0.39 is 30.1 Å². The van der Waals surface area contributed by atoms with Crippen molar-refractivity contribution >= 4 is 23.4 Å². The first-order valence-corrected chi connectivity index (χ1v) is 10.9. The van der Waals surface area contributed by atoms with Gasteiger partial charge in [0.15, 0.2) is 5.60 Å². The average Bonchev–Trinajstić information content (AvgIpc) is 2.78. The van der Waals surface area contributed by atoms with Crippen LogP contribution in [-0.2, 0) is 22.6 Å². The number of ether oxygens (including phenoxy) is 1. The summed E-state index contributed by atoms with van der Waals surface area (Å²) in [5.41, 5.74) is 2.75. The maximum atomic E-state index is 13.1. The van der Waals surface area contributed by atoms with Crippen molar-refractivity contribution in [2.75, 3.05) is 6.61 Å². The molecule has 1 aliphatic heterocycles. The largest absolute Gasteiger partial charge is 0.507 e. The number of hydrogen-bond acceptors (Lipinski definition) is 5. The van der Waals surface area contributed by atoms with Gasteiger partial charge in [0.25, 0.3) is 5.91 Å². The molecule has 2 atom stereocenters. The van der Waals surface area contributed by atoms with Crippen LogP contribution < -0.4 is 15.4 Å². The number of hydrogen-bond donors (Lipinski definition) is 4. The smallest absolute Gasteiger partial charge is 0.264 e. The van der Waals surface area contributed by atoms with Crippen LogP contribution in [0.2, 0.25) is 5.02 Å². The number of carbonyl (C=O) groups excluding carboxylic acids is 2. The number of aliphatic hydroxyl groups excluding tert-OH is 1. The molecule has 0 fully saturated rings. The van der Waals surface area contributed by atoms with E-state index in [1.807, 2.05) is 13.8 Å². The van der Waals surface area contributed by atoms with Crippen LogP contribution in [0, 0.1) is 20.8 Å². The van der Waals surface area contributed by atoms with E-state index in [0.717, 1.165) is 22.3 Å². The monoisotopic (exact) mass is 460 g/mol. The third kappa shape index (κ3) is 4.69. The average molecular weight is 461 g/mol. The molecule has 7 nitrogen and oxygen atoms in total. The molecule has 2 aromatic carbocycles. The Labute approximate surface area is 192 Å². The van der Waals surface area contributed by atoms with E-state index in [-0.39, 0.29) is 12.3 Å². The number of nitrogens with one attached hydrogen (secondary N) is 2. The molecule has 4 N–H and O–H groups in total. The summed E-state index contributed by atoms with van der Waals surface area (Å²) in [5, 5.41) is 26.0. The van der Waals surface area contributed by atoms with Crippen molar-refractivity contribution in [1.29, 1.82) is 0 Å². The fraction of sp³-hybridized carbons (Fsp3) is 0.417. The quantitative estimate of drug-likeness (QED) is 0.530. The third-order valence-electron chi connectivity index (χ3n) is 6.18. The molecule has 1 heterocycles.